The SMILES string of the molecule is CC(=O)C1CCCN1C(=O)C(CN=[N+]=[N-])N=O. The predicted molar refractivity (Wildman–Crippen MR) is 59.0 cm³/mol. The maximum absolute atomic E-state index is 11.9. The Morgan fingerprint density at radius 2 is 2.29 bits per heavy atom. The largest absolute Gasteiger partial charge is 0.331 e. The number of likely N-dealkylation sites (tertiary alicyclic amines) is 1. The molecule has 1 saturated heterocycles. The van der Waals surface area contributed by atoms with E-state index in [-0.39, 0.29) is 12.3 Å². The minimum atomic E-state index is -1.23. The zero-order valence-electron chi connectivity index (χ0n) is 9.44. The Kier molecular flexibility index (Phi) is 4.59. The molecule has 1 heterocycles. The average molecular weight is 239 g/mol. The molecule has 0 saturated carbocycles. The minimum absolute atomic E-state index is 0.107. The molecule has 17 heavy (non-hydrogen) atoms. The number of carbonyl (C=O) groups is 2. The Labute approximate surface area is 97.6 Å². The van der Waals surface area contributed by atoms with Gasteiger partial charge in [-0.25, -0.2) is 0 Å². The summed E-state index contributed by atoms with van der Waals surface area (Å²) in [5, 5.41) is 5.81. The van der Waals surface area contributed by atoms with Crippen molar-refractivity contribution < 1.29 is 9.59 Å². The molecule has 92 valence electrons. The standard InChI is InChI=1S/C9H13N5O3/c1-6(15)8-3-2-4-14(8)9(16)7(12-17)5-11-13-10/h7-8H,2-5H2,1H3. The Balaban J connectivity index is 2.76. The number of hydrogen-bond acceptors (Lipinski definition) is 5. The van der Waals surface area contributed by atoms with Crippen LogP contribution in [0.2, 0.25) is 0 Å². The van der Waals surface area contributed by atoms with Crippen LogP contribution in [0.15, 0.2) is 10.3 Å². The third-order valence-electron chi connectivity index (χ3n) is 2.74. The molecule has 1 rings (SSSR count). The number of hydrogen-bond donors (Lipinski definition) is 0. The lowest BCUT2D eigenvalue weighted by Crippen LogP contribution is -2.45. The van der Waals surface area contributed by atoms with Crippen molar-refractivity contribution in [2.75, 3.05) is 13.1 Å². The second-order valence-electron chi connectivity index (χ2n) is 3.83. The second kappa shape index (κ2) is 5.95. The lowest BCUT2D eigenvalue weighted by atomic mass is 10.1. The van der Waals surface area contributed by atoms with Crippen molar-refractivity contribution >= 4 is 11.7 Å². The van der Waals surface area contributed by atoms with Crippen LogP contribution < -0.4 is 0 Å². The third kappa shape index (κ3) is 3.01. The van der Waals surface area contributed by atoms with Gasteiger partial charge in [-0.15, -0.1) is 4.91 Å². The van der Waals surface area contributed by atoms with E-state index in [9.17, 15) is 14.5 Å². The van der Waals surface area contributed by atoms with Crippen LogP contribution in [0.25, 0.3) is 10.4 Å². The van der Waals surface area contributed by atoms with E-state index in [0.29, 0.717) is 13.0 Å². The summed E-state index contributed by atoms with van der Waals surface area (Å²) < 4.78 is 0. The molecule has 8 heteroatoms. The molecule has 0 aromatic heterocycles. The van der Waals surface area contributed by atoms with Gasteiger partial charge >= 0.3 is 0 Å². The molecule has 8 nitrogen and oxygen atoms in total. The molecule has 0 aliphatic carbocycles. The number of ketones is 1. The number of amides is 1. The molecule has 2 atom stereocenters. The number of Topliss-reactive ketones (excluding diaryl/α,β-unsaturated/α-hetero) is 1. The molecule has 0 spiro atoms. The Morgan fingerprint density at radius 1 is 1.59 bits per heavy atom. The highest BCUT2D eigenvalue weighted by Gasteiger charge is 2.35. The van der Waals surface area contributed by atoms with Crippen LogP contribution in [0.4, 0.5) is 0 Å². The van der Waals surface area contributed by atoms with Crippen LogP contribution in [-0.4, -0.2) is 41.8 Å². The molecule has 0 aromatic rings. The zero-order valence-corrected chi connectivity index (χ0v) is 9.44. The maximum atomic E-state index is 11.9. The smallest absolute Gasteiger partial charge is 0.251 e. The van der Waals surface area contributed by atoms with Crippen molar-refractivity contribution in [1.29, 1.82) is 0 Å². The summed E-state index contributed by atoms with van der Waals surface area (Å²) >= 11 is 0. The van der Waals surface area contributed by atoms with Gasteiger partial charge in [0.05, 0.1) is 12.6 Å². The highest BCUT2D eigenvalue weighted by atomic mass is 16.3. The number of carbonyl (C=O) groups excluding carboxylic acids is 2. The first-order valence-corrected chi connectivity index (χ1v) is 5.26. The first-order valence-electron chi connectivity index (χ1n) is 5.26. The molecule has 1 aliphatic heterocycles. The van der Waals surface area contributed by atoms with Crippen molar-refractivity contribution in [3.8, 4) is 0 Å². The molecule has 2 unspecified atom stereocenters. The monoisotopic (exact) mass is 239 g/mol. The van der Waals surface area contributed by atoms with E-state index in [2.05, 4.69) is 15.2 Å². The second-order valence-corrected chi connectivity index (χ2v) is 3.83. The quantitative estimate of drug-likeness (QED) is 0.308. The predicted octanol–water partition coefficient (Wildman–Crippen LogP) is 1.01. The van der Waals surface area contributed by atoms with Crippen molar-refractivity contribution in [2.24, 2.45) is 10.3 Å². The fraction of sp³-hybridized carbons (Fsp3) is 0.778. The van der Waals surface area contributed by atoms with E-state index in [1.54, 1.807) is 0 Å². The Morgan fingerprint density at radius 3 is 2.82 bits per heavy atom. The van der Waals surface area contributed by atoms with Gasteiger partial charge in [-0.1, -0.05) is 10.3 Å². The molecule has 1 aliphatic rings. The lowest BCUT2D eigenvalue weighted by Gasteiger charge is -2.24. The van der Waals surface area contributed by atoms with Gasteiger partial charge in [0.1, 0.15) is 0 Å². The van der Waals surface area contributed by atoms with Crippen LogP contribution in [0, 0.1) is 4.91 Å². The van der Waals surface area contributed by atoms with Gasteiger partial charge in [0.15, 0.2) is 11.8 Å². The van der Waals surface area contributed by atoms with Gasteiger partial charge in [-0.05, 0) is 25.3 Å². The van der Waals surface area contributed by atoms with Crippen LogP contribution in [0.5, 0.6) is 0 Å². The van der Waals surface area contributed by atoms with E-state index in [1.807, 2.05) is 0 Å². The van der Waals surface area contributed by atoms with E-state index in [1.165, 1.54) is 11.8 Å². The van der Waals surface area contributed by atoms with Gasteiger partial charge in [0.2, 0.25) is 0 Å². The number of nitrogens with zero attached hydrogens (tertiary/aromatic N) is 5. The van der Waals surface area contributed by atoms with Crippen molar-refractivity contribution in [2.45, 2.75) is 31.8 Å². The molecule has 0 bridgehead atoms. The van der Waals surface area contributed by atoms with Gasteiger partial charge in [-0.3, -0.25) is 9.59 Å². The normalized spacial score (nSPS) is 20.5. The summed E-state index contributed by atoms with van der Waals surface area (Å²) in [6.07, 6.45) is 1.33. The van der Waals surface area contributed by atoms with Crippen molar-refractivity contribution in [3.05, 3.63) is 15.3 Å². The van der Waals surface area contributed by atoms with Crippen LogP contribution in [-0.2, 0) is 9.59 Å². The fourth-order valence-electron chi connectivity index (χ4n) is 1.91. The summed E-state index contributed by atoms with van der Waals surface area (Å²) in [5.74, 6) is -0.644. The number of rotatable bonds is 5. The molecule has 0 aromatic carbocycles. The Hall–Kier alpha value is -1.95. The van der Waals surface area contributed by atoms with Gasteiger partial charge in [0.25, 0.3) is 5.91 Å². The highest BCUT2D eigenvalue weighted by Crippen LogP contribution is 2.19. The van der Waals surface area contributed by atoms with E-state index >= 15 is 0 Å². The highest BCUT2D eigenvalue weighted by molar-refractivity contribution is 5.90. The van der Waals surface area contributed by atoms with E-state index in [4.69, 9.17) is 5.53 Å². The van der Waals surface area contributed by atoms with Gasteiger partial charge < -0.3 is 4.90 Å². The molecular formula is C9H13N5O3. The zero-order chi connectivity index (χ0) is 12.8. The topological polar surface area (TPSA) is 116 Å². The van der Waals surface area contributed by atoms with Crippen LogP contribution >= 0.6 is 0 Å². The molecule has 0 N–H and O–H groups in total. The number of nitroso groups, excluding NO2 is 1. The van der Waals surface area contributed by atoms with Crippen LogP contribution in [0.3, 0.4) is 0 Å². The van der Waals surface area contributed by atoms with Crippen molar-refractivity contribution in [3.63, 3.8) is 0 Å². The van der Waals surface area contributed by atoms with Crippen molar-refractivity contribution in [1.82, 2.24) is 4.90 Å². The molecule has 1 amide bonds. The summed E-state index contributed by atoms with van der Waals surface area (Å²) in [4.78, 5) is 37.5. The summed E-state index contributed by atoms with van der Waals surface area (Å²) in [5.41, 5.74) is 8.13. The molecule has 0 radical (unpaired) electrons. The van der Waals surface area contributed by atoms with Gasteiger partial charge in [0, 0.05) is 11.5 Å². The maximum Gasteiger partial charge on any atom is 0.251 e. The fourth-order valence-corrected chi connectivity index (χ4v) is 1.91. The first kappa shape index (κ1) is 13.1. The third-order valence-corrected chi connectivity index (χ3v) is 2.74. The summed E-state index contributed by atoms with van der Waals surface area (Å²) in [7, 11) is 0. The van der Waals surface area contributed by atoms with E-state index in [0.717, 1.165) is 6.42 Å². The first-order chi connectivity index (χ1) is 8.11. The summed E-state index contributed by atoms with van der Waals surface area (Å²) in [6.45, 7) is 1.54. The lowest BCUT2D eigenvalue weighted by molar-refractivity contribution is -0.137. The number of azide groups is 1. The molecular weight excluding hydrogens is 226 g/mol. The van der Waals surface area contributed by atoms with Gasteiger partial charge in [-0.2, -0.15) is 0 Å². The molecule has 1 fully saturated rings. The van der Waals surface area contributed by atoms with Crippen LogP contribution in [0.1, 0.15) is 19.8 Å². The minimum Gasteiger partial charge on any atom is -0.331 e. The van der Waals surface area contributed by atoms with E-state index < -0.39 is 18.0 Å². The average Bonchev–Trinajstić information content (AvgIpc) is 2.78. The Bertz CT molecular complexity index is 377. The summed E-state index contributed by atoms with van der Waals surface area (Å²) in [6, 6.07) is -1.70.